The monoisotopic (exact) mass is 348 g/mol. The molecular weight excluding hydrogens is 304 g/mol. The van der Waals surface area contributed by atoms with Crippen LogP contribution < -0.4 is 0 Å². The van der Waals surface area contributed by atoms with Crippen molar-refractivity contribution in [3.05, 3.63) is 23.8 Å². The molecule has 1 rings (SSSR count). The lowest BCUT2D eigenvalue weighted by Gasteiger charge is -2.26. The summed E-state index contributed by atoms with van der Waals surface area (Å²) in [6.45, 7) is 9.21. The molecule has 1 unspecified atom stereocenters. The molecular formula is C24H44O. The number of allylic oxidation sites excluding steroid dienone is 2. The summed E-state index contributed by atoms with van der Waals surface area (Å²) in [5.74, 6) is 1.67. The van der Waals surface area contributed by atoms with Crippen molar-refractivity contribution in [1.82, 2.24) is 0 Å². The van der Waals surface area contributed by atoms with Crippen molar-refractivity contribution in [3.8, 4) is 0 Å². The van der Waals surface area contributed by atoms with Gasteiger partial charge in [0.25, 0.3) is 0 Å². The predicted octanol–water partition coefficient (Wildman–Crippen LogP) is 7.60. The fourth-order valence-corrected chi connectivity index (χ4v) is 3.65. The van der Waals surface area contributed by atoms with Crippen LogP contribution in [0.25, 0.3) is 0 Å². The highest BCUT2D eigenvalue weighted by Crippen LogP contribution is 2.28. The second-order valence-corrected chi connectivity index (χ2v) is 9.11. The molecule has 0 fully saturated rings. The van der Waals surface area contributed by atoms with Crippen LogP contribution in [0.15, 0.2) is 23.8 Å². The molecule has 1 atom stereocenters. The summed E-state index contributed by atoms with van der Waals surface area (Å²) in [6, 6.07) is 0. The van der Waals surface area contributed by atoms with Crippen LogP contribution >= 0.6 is 0 Å². The number of rotatable bonds is 14. The van der Waals surface area contributed by atoms with Gasteiger partial charge in [-0.05, 0) is 37.5 Å². The summed E-state index contributed by atoms with van der Waals surface area (Å²) in [5, 5.41) is 10.7. The van der Waals surface area contributed by atoms with Crippen molar-refractivity contribution in [2.24, 2.45) is 11.8 Å². The zero-order valence-corrected chi connectivity index (χ0v) is 17.5. The molecule has 0 radical (unpaired) electrons. The molecule has 1 N–H and O–H groups in total. The van der Waals surface area contributed by atoms with Crippen LogP contribution in [-0.2, 0) is 0 Å². The molecule has 0 aromatic heterocycles. The molecule has 1 aliphatic rings. The fraction of sp³-hybridized carbons (Fsp3) is 0.833. The summed E-state index contributed by atoms with van der Waals surface area (Å²) in [7, 11) is 0. The highest BCUT2D eigenvalue weighted by Gasteiger charge is 2.24. The van der Waals surface area contributed by atoms with E-state index in [4.69, 9.17) is 0 Å². The summed E-state index contributed by atoms with van der Waals surface area (Å²) in [5.41, 5.74) is 0.865. The third-order valence-electron chi connectivity index (χ3n) is 5.46. The summed E-state index contributed by atoms with van der Waals surface area (Å²) < 4.78 is 0. The van der Waals surface area contributed by atoms with Gasteiger partial charge in [0.15, 0.2) is 0 Å². The van der Waals surface area contributed by atoms with E-state index in [1.807, 2.05) is 0 Å². The van der Waals surface area contributed by atoms with E-state index in [2.05, 4.69) is 45.9 Å². The van der Waals surface area contributed by atoms with E-state index >= 15 is 0 Å². The van der Waals surface area contributed by atoms with Crippen LogP contribution in [-0.4, -0.2) is 10.7 Å². The Morgan fingerprint density at radius 3 is 1.92 bits per heavy atom. The standard InChI is InChI=1S/C24H44O/c1-21(2)13-9-5-6-11-15-23-16-19-24(25,20-17-23)18-12-8-7-10-14-22(3)4/h16-17,19,21-22,25H,5-15,18,20H2,1-4H3. The lowest BCUT2D eigenvalue weighted by Crippen LogP contribution is -2.26. The Balaban J connectivity index is 2.09. The molecule has 1 aliphatic carbocycles. The number of hydrogen-bond donors (Lipinski definition) is 1. The molecule has 146 valence electrons. The Labute approximate surface area is 158 Å². The molecule has 0 bridgehead atoms. The first-order valence-corrected chi connectivity index (χ1v) is 11.0. The van der Waals surface area contributed by atoms with Crippen molar-refractivity contribution in [1.29, 1.82) is 0 Å². The smallest absolute Gasteiger partial charge is 0.0865 e. The predicted molar refractivity (Wildman–Crippen MR) is 112 cm³/mol. The minimum Gasteiger partial charge on any atom is -0.385 e. The van der Waals surface area contributed by atoms with E-state index in [0.29, 0.717) is 0 Å². The van der Waals surface area contributed by atoms with Crippen LogP contribution in [0.5, 0.6) is 0 Å². The average Bonchev–Trinajstić information content (AvgIpc) is 2.55. The van der Waals surface area contributed by atoms with E-state index in [1.165, 1.54) is 69.8 Å². The van der Waals surface area contributed by atoms with Crippen LogP contribution in [0.2, 0.25) is 0 Å². The first-order chi connectivity index (χ1) is 11.9. The van der Waals surface area contributed by atoms with E-state index in [1.54, 1.807) is 0 Å². The SMILES string of the molecule is CC(C)CCCCCCC1=CCC(O)(CCCCCCC(C)C)C=C1. The van der Waals surface area contributed by atoms with Crippen molar-refractivity contribution in [2.75, 3.05) is 0 Å². The zero-order valence-electron chi connectivity index (χ0n) is 17.5. The zero-order chi connectivity index (χ0) is 18.5. The Bertz CT molecular complexity index is 391. The maximum atomic E-state index is 10.7. The number of hydrogen-bond acceptors (Lipinski definition) is 1. The van der Waals surface area contributed by atoms with Gasteiger partial charge < -0.3 is 5.11 Å². The summed E-state index contributed by atoms with van der Waals surface area (Å²) in [6.07, 6.45) is 22.6. The number of unbranched alkanes of at least 4 members (excludes halogenated alkanes) is 6. The van der Waals surface area contributed by atoms with Crippen LogP contribution in [0.1, 0.15) is 111 Å². The third kappa shape index (κ3) is 11.6. The highest BCUT2D eigenvalue weighted by atomic mass is 16.3. The van der Waals surface area contributed by atoms with E-state index in [-0.39, 0.29) is 0 Å². The third-order valence-corrected chi connectivity index (χ3v) is 5.46. The van der Waals surface area contributed by atoms with Crippen molar-refractivity contribution in [3.63, 3.8) is 0 Å². The molecule has 0 aliphatic heterocycles. The molecule has 0 amide bonds. The maximum absolute atomic E-state index is 10.7. The second-order valence-electron chi connectivity index (χ2n) is 9.11. The molecule has 0 saturated heterocycles. The Hall–Kier alpha value is -0.560. The molecule has 0 aromatic carbocycles. The van der Waals surface area contributed by atoms with E-state index in [0.717, 1.165) is 31.1 Å². The normalized spacial score (nSPS) is 20.5. The molecule has 1 heteroatoms. The highest BCUT2D eigenvalue weighted by molar-refractivity contribution is 5.27. The Kier molecular flexibility index (Phi) is 11.5. The molecule has 1 nitrogen and oxygen atoms in total. The minimum atomic E-state index is -0.571. The maximum Gasteiger partial charge on any atom is 0.0865 e. The summed E-state index contributed by atoms with van der Waals surface area (Å²) >= 11 is 0. The number of aliphatic hydroxyl groups is 1. The lowest BCUT2D eigenvalue weighted by atomic mass is 9.86. The largest absolute Gasteiger partial charge is 0.385 e. The summed E-state index contributed by atoms with van der Waals surface area (Å²) in [4.78, 5) is 0. The topological polar surface area (TPSA) is 20.2 Å². The molecule has 0 spiro atoms. The van der Waals surface area contributed by atoms with E-state index in [9.17, 15) is 5.11 Å². The quantitative estimate of drug-likeness (QED) is 0.320. The van der Waals surface area contributed by atoms with Gasteiger partial charge in [0.05, 0.1) is 5.60 Å². The minimum absolute atomic E-state index is 0.571. The van der Waals surface area contributed by atoms with Gasteiger partial charge in [0.2, 0.25) is 0 Å². The average molecular weight is 349 g/mol. The van der Waals surface area contributed by atoms with Gasteiger partial charge in [0, 0.05) is 0 Å². The fourth-order valence-electron chi connectivity index (χ4n) is 3.65. The van der Waals surface area contributed by atoms with Gasteiger partial charge in [-0.3, -0.25) is 0 Å². The first kappa shape index (κ1) is 22.5. The van der Waals surface area contributed by atoms with Crippen LogP contribution in [0.3, 0.4) is 0 Å². The van der Waals surface area contributed by atoms with E-state index < -0.39 is 5.60 Å². The molecule has 0 saturated carbocycles. The molecule has 25 heavy (non-hydrogen) atoms. The van der Waals surface area contributed by atoms with Crippen molar-refractivity contribution >= 4 is 0 Å². The van der Waals surface area contributed by atoms with Gasteiger partial charge in [-0.2, -0.15) is 0 Å². The second kappa shape index (κ2) is 12.7. The van der Waals surface area contributed by atoms with Gasteiger partial charge in [0.1, 0.15) is 0 Å². The Morgan fingerprint density at radius 2 is 1.40 bits per heavy atom. The first-order valence-electron chi connectivity index (χ1n) is 11.0. The van der Waals surface area contributed by atoms with Crippen LogP contribution in [0.4, 0.5) is 0 Å². The lowest BCUT2D eigenvalue weighted by molar-refractivity contribution is 0.0798. The van der Waals surface area contributed by atoms with Crippen molar-refractivity contribution < 1.29 is 5.11 Å². The molecule has 0 aromatic rings. The van der Waals surface area contributed by atoms with Gasteiger partial charge >= 0.3 is 0 Å². The Morgan fingerprint density at radius 1 is 0.840 bits per heavy atom. The van der Waals surface area contributed by atoms with Crippen molar-refractivity contribution in [2.45, 2.75) is 117 Å². The molecule has 0 heterocycles. The van der Waals surface area contributed by atoms with Gasteiger partial charge in [-0.1, -0.05) is 109 Å². The van der Waals surface area contributed by atoms with Gasteiger partial charge in [-0.15, -0.1) is 0 Å². The van der Waals surface area contributed by atoms with Crippen LogP contribution in [0, 0.1) is 11.8 Å². The van der Waals surface area contributed by atoms with Gasteiger partial charge in [-0.25, -0.2) is 0 Å².